The molecule has 2 aromatic carbocycles. The summed E-state index contributed by atoms with van der Waals surface area (Å²) in [5, 5.41) is 15.0. The SMILES string of the molecule is Cc1ccc2c(CNc3ccc(Cl)c([N+](=O)[O-])c3)cc(=O)oc2c1C. The Balaban J connectivity index is 1.97. The molecule has 128 valence electrons. The number of nitrogens with one attached hydrogen (secondary N) is 1. The van der Waals surface area contributed by atoms with Crippen LogP contribution in [0.15, 0.2) is 45.6 Å². The summed E-state index contributed by atoms with van der Waals surface area (Å²) in [6, 6.07) is 9.78. The van der Waals surface area contributed by atoms with Gasteiger partial charge in [0.2, 0.25) is 0 Å². The predicted molar refractivity (Wildman–Crippen MR) is 97.4 cm³/mol. The Hall–Kier alpha value is -2.86. The van der Waals surface area contributed by atoms with Gasteiger partial charge in [0, 0.05) is 29.8 Å². The lowest BCUT2D eigenvalue weighted by Crippen LogP contribution is -2.07. The second-order valence-corrected chi connectivity index (χ2v) is 6.16. The minimum atomic E-state index is -0.536. The maximum absolute atomic E-state index is 11.9. The molecule has 0 unspecified atom stereocenters. The monoisotopic (exact) mass is 358 g/mol. The van der Waals surface area contributed by atoms with Crippen LogP contribution >= 0.6 is 11.6 Å². The van der Waals surface area contributed by atoms with Crippen LogP contribution < -0.4 is 10.9 Å². The van der Waals surface area contributed by atoms with E-state index in [9.17, 15) is 14.9 Å². The molecule has 0 fully saturated rings. The Morgan fingerprint density at radius 2 is 1.96 bits per heavy atom. The third-order valence-corrected chi connectivity index (χ3v) is 4.46. The number of aryl methyl sites for hydroxylation is 2. The van der Waals surface area contributed by atoms with Gasteiger partial charge < -0.3 is 9.73 Å². The minimum absolute atomic E-state index is 0.0763. The first-order valence-electron chi connectivity index (χ1n) is 7.57. The minimum Gasteiger partial charge on any atom is -0.422 e. The molecule has 1 heterocycles. The molecule has 0 atom stereocenters. The first kappa shape index (κ1) is 17.0. The second-order valence-electron chi connectivity index (χ2n) is 5.75. The average Bonchev–Trinajstić information content (AvgIpc) is 2.57. The number of fused-ring (bicyclic) bond motifs is 1. The molecule has 0 saturated heterocycles. The van der Waals surface area contributed by atoms with E-state index in [0.29, 0.717) is 17.8 Å². The maximum Gasteiger partial charge on any atom is 0.336 e. The van der Waals surface area contributed by atoms with E-state index in [1.165, 1.54) is 18.2 Å². The third kappa shape index (κ3) is 3.34. The predicted octanol–water partition coefficient (Wildman–Crippen LogP) is 4.58. The van der Waals surface area contributed by atoms with Crippen LogP contribution in [0, 0.1) is 24.0 Å². The summed E-state index contributed by atoms with van der Waals surface area (Å²) < 4.78 is 5.34. The Morgan fingerprint density at radius 1 is 1.20 bits per heavy atom. The number of benzene rings is 2. The van der Waals surface area contributed by atoms with Crippen LogP contribution in [0.1, 0.15) is 16.7 Å². The topological polar surface area (TPSA) is 85.4 Å². The van der Waals surface area contributed by atoms with E-state index in [0.717, 1.165) is 22.1 Å². The highest BCUT2D eigenvalue weighted by atomic mass is 35.5. The van der Waals surface area contributed by atoms with Gasteiger partial charge in [-0.2, -0.15) is 0 Å². The van der Waals surface area contributed by atoms with Gasteiger partial charge in [-0.3, -0.25) is 10.1 Å². The van der Waals surface area contributed by atoms with Crippen molar-refractivity contribution in [2.75, 3.05) is 5.32 Å². The highest BCUT2D eigenvalue weighted by molar-refractivity contribution is 6.32. The van der Waals surface area contributed by atoms with E-state index in [2.05, 4.69) is 5.32 Å². The van der Waals surface area contributed by atoms with Crippen molar-refractivity contribution >= 4 is 33.9 Å². The van der Waals surface area contributed by atoms with Crippen molar-refractivity contribution in [3.05, 3.63) is 78.6 Å². The maximum atomic E-state index is 11.9. The molecule has 0 aliphatic heterocycles. The van der Waals surface area contributed by atoms with Crippen LogP contribution in [0.25, 0.3) is 11.0 Å². The van der Waals surface area contributed by atoms with Crippen molar-refractivity contribution in [1.82, 2.24) is 0 Å². The van der Waals surface area contributed by atoms with E-state index < -0.39 is 10.5 Å². The molecule has 6 nitrogen and oxygen atoms in total. The van der Waals surface area contributed by atoms with Crippen molar-refractivity contribution in [1.29, 1.82) is 0 Å². The fraction of sp³-hybridized carbons (Fsp3) is 0.167. The number of halogens is 1. The third-order valence-electron chi connectivity index (χ3n) is 4.14. The van der Waals surface area contributed by atoms with E-state index >= 15 is 0 Å². The van der Waals surface area contributed by atoms with Gasteiger partial charge in [-0.15, -0.1) is 0 Å². The zero-order valence-corrected chi connectivity index (χ0v) is 14.4. The van der Waals surface area contributed by atoms with Crippen molar-refractivity contribution in [2.24, 2.45) is 0 Å². The van der Waals surface area contributed by atoms with Crippen LogP contribution in [0.4, 0.5) is 11.4 Å². The summed E-state index contributed by atoms with van der Waals surface area (Å²) >= 11 is 5.82. The normalized spacial score (nSPS) is 10.8. The summed E-state index contributed by atoms with van der Waals surface area (Å²) in [4.78, 5) is 22.3. The van der Waals surface area contributed by atoms with Gasteiger partial charge in [0.25, 0.3) is 5.69 Å². The number of nitro groups is 1. The lowest BCUT2D eigenvalue weighted by molar-refractivity contribution is -0.384. The molecule has 3 aromatic rings. The van der Waals surface area contributed by atoms with Crippen LogP contribution in [0.2, 0.25) is 5.02 Å². The summed E-state index contributed by atoms with van der Waals surface area (Å²) in [6.07, 6.45) is 0. The molecule has 25 heavy (non-hydrogen) atoms. The van der Waals surface area contributed by atoms with E-state index in [1.54, 1.807) is 6.07 Å². The number of anilines is 1. The molecule has 0 aliphatic carbocycles. The van der Waals surface area contributed by atoms with Crippen molar-refractivity contribution in [3.63, 3.8) is 0 Å². The number of rotatable bonds is 4. The van der Waals surface area contributed by atoms with Gasteiger partial charge in [-0.1, -0.05) is 23.7 Å². The number of nitrogens with zero attached hydrogens (tertiary/aromatic N) is 1. The second kappa shape index (κ2) is 6.57. The smallest absolute Gasteiger partial charge is 0.336 e. The molecule has 0 radical (unpaired) electrons. The van der Waals surface area contributed by atoms with Crippen LogP contribution in [0.5, 0.6) is 0 Å². The fourth-order valence-electron chi connectivity index (χ4n) is 2.63. The molecule has 7 heteroatoms. The Kier molecular flexibility index (Phi) is 4.46. The summed E-state index contributed by atoms with van der Waals surface area (Å²) in [6.45, 7) is 4.18. The molecule has 1 aromatic heterocycles. The average molecular weight is 359 g/mol. The van der Waals surface area contributed by atoms with Crippen molar-refractivity contribution < 1.29 is 9.34 Å². The molecule has 0 bridgehead atoms. The fourth-order valence-corrected chi connectivity index (χ4v) is 2.82. The molecule has 0 aliphatic rings. The number of hydrogen-bond donors (Lipinski definition) is 1. The standard InChI is InChI=1S/C18H15ClN2O4/c1-10-3-5-14-12(7-17(22)25-18(14)11(10)2)9-20-13-4-6-15(19)16(8-13)21(23)24/h3-8,20H,9H2,1-2H3. The van der Waals surface area contributed by atoms with Crippen molar-refractivity contribution in [3.8, 4) is 0 Å². The van der Waals surface area contributed by atoms with Crippen LogP contribution in [-0.4, -0.2) is 4.92 Å². The lowest BCUT2D eigenvalue weighted by Gasteiger charge is -2.11. The van der Waals surface area contributed by atoms with Gasteiger partial charge in [0.05, 0.1) is 4.92 Å². The van der Waals surface area contributed by atoms with Crippen LogP contribution in [-0.2, 0) is 6.54 Å². The lowest BCUT2D eigenvalue weighted by atomic mass is 10.0. The van der Waals surface area contributed by atoms with Gasteiger partial charge in [0.15, 0.2) is 0 Å². The van der Waals surface area contributed by atoms with Crippen molar-refractivity contribution in [2.45, 2.75) is 20.4 Å². The Bertz CT molecular complexity index is 1040. The molecule has 0 amide bonds. The van der Waals surface area contributed by atoms with Gasteiger partial charge in [-0.25, -0.2) is 4.79 Å². The molecule has 0 saturated carbocycles. The zero-order chi connectivity index (χ0) is 18.1. The molecular formula is C18H15ClN2O4. The summed E-state index contributed by atoms with van der Waals surface area (Å²) in [5.41, 5.74) is 3.21. The highest BCUT2D eigenvalue weighted by Gasteiger charge is 2.13. The van der Waals surface area contributed by atoms with Gasteiger partial charge in [0.1, 0.15) is 10.6 Å². The Labute approximate surface area is 148 Å². The summed E-state index contributed by atoms with van der Waals surface area (Å²) in [5.74, 6) is 0. The molecular weight excluding hydrogens is 344 g/mol. The van der Waals surface area contributed by atoms with E-state index in [-0.39, 0.29) is 10.7 Å². The van der Waals surface area contributed by atoms with E-state index in [4.69, 9.17) is 16.0 Å². The summed E-state index contributed by atoms with van der Waals surface area (Å²) in [7, 11) is 0. The first-order chi connectivity index (χ1) is 11.9. The molecule has 0 spiro atoms. The Morgan fingerprint density at radius 3 is 2.68 bits per heavy atom. The van der Waals surface area contributed by atoms with Gasteiger partial charge in [-0.05, 0) is 42.7 Å². The molecule has 1 N–H and O–H groups in total. The largest absolute Gasteiger partial charge is 0.422 e. The van der Waals surface area contributed by atoms with E-state index in [1.807, 2.05) is 26.0 Å². The zero-order valence-electron chi connectivity index (χ0n) is 13.6. The van der Waals surface area contributed by atoms with Gasteiger partial charge >= 0.3 is 5.63 Å². The number of nitro benzene ring substituents is 1. The molecule has 3 rings (SSSR count). The first-order valence-corrected chi connectivity index (χ1v) is 7.95. The number of hydrogen-bond acceptors (Lipinski definition) is 5. The van der Waals surface area contributed by atoms with Crippen LogP contribution in [0.3, 0.4) is 0 Å². The highest BCUT2D eigenvalue weighted by Crippen LogP contribution is 2.28. The quantitative estimate of drug-likeness (QED) is 0.419.